The van der Waals surface area contributed by atoms with Crippen LogP contribution in [0.5, 0.6) is 11.6 Å². The average Bonchev–Trinajstić information content (AvgIpc) is 3.52. The van der Waals surface area contributed by atoms with Crippen molar-refractivity contribution < 1.29 is 9.53 Å². The Bertz CT molecular complexity index is 1360. The van der Waals surface area contributed by atoms with Crippen LogP contribution in [0.2, 0.25) is 0 Å². The van der Waals surface area contributed by atoms with Gasteiger partial charge in [-0.2, -0.15) is 5.10 Å². The number of para-hydroxylation sites is 1. The molecule has 33 heavy (non-hydrogen) atoms. The zero-order valence-corrected chi connectivity index (χ0v) is 17.8. The van der Waals surface area contributed by atoms with Crippen LogP contribution in [0.15, 0.2) is 97.5 Å². The van der Waals surface area contributed by atoms with Gasteiger partial charge in [-0.05, 0) is 61.5 Å². The van der Waals surface area contributed by atoms with E-state index in [0.717, 1.165) is 11.4 Å². The lowest BCUT2D eigenvalue weighted by Crippen LogP contribution is -2.13. The highest BCUT2D eigenvalue weighted by molar-refractivity contribution is 6.05. The smallest absolute Gasteiger partial charge is 0.259 e. The number of hydrogen-bond donors (Lipinski definition) is 1. The van der Waals surface area contributed by atoms with Crippen molar-refractivity contribution in [2.75, 3.05) is 5.32 Å². The number of aromatic nitrogens is 5. The molecule has 162 valence electrons. The lowest BCUT2D eigenvalue weighted by molar-refractivity contribution is 0.102. The molecule has 0 saturated carbocycles. The summed E-state index contributed by atoms with van der Waals surface area (Å²) in [5.74, 6) is 1.45. The summed E-state index contributed by atoms with van der Waals surface area (Å²) >= 11 is 0. The largest absolute Gasteiger partial charge is 0.438 e. The van der Waals surface area contributed by atoms with Gasteiger partial charge in [-0.3, -0.25) is 4.79 Å². The molecular formula is C25H20N6O2. The van der Waals surface area contributed by atoms with E-state index in [0.29, 0.717) is 28.7 Å². The van der Waals surface area contributed by atoms with E-state index in [-0.39, 0.29) is 5.91 Å². The Kier molecular flexibility index (Phi) is 5.38. The van der Waals surface area contributed by atoms with E-state index in [1.807, 2.05) is 72.4 Å². The second-order valence-corrected chi connectivity index (χ2v) is 7.29. The molecule has 8 nitrogen and oxygen atoms in total. The van der Waals surface area contributed by atoms with Gasteiger partial charge in [0.15, 0.2) is 5.82 Å². The van der Waals surface area contributed by atoms with Gasteiger partial charge in [-0.1, -0.05) is 18.2 Å². The van der Waals surface area contributed by atoms with Gasteiger partial charge in [-0.15, -0.1) is 10.2 Å². The summed E-state index contributed by atoms with van der Waals surface area (Å²) < 4.78 is 9.36. The summed E-state index contributed by atoms with van der Waals surface area (Å²) in [6.45, 7) is 1.87. The van der Waals surface area contributed by atoms with Crippen LogP contribution in [0.3, 0.4) is 0 Å². The van der Waals surface area contributed by atoms with Crippen LogP contribution in [0.4, 0.5) is 5.69 Å². The van der Waals surface area contributed by atoms with Crippen LogP contribution >= 0.6 is 0 Å². The summed E-state index contributed by atoms with van der Waals surface area (Å²) in [6.07, 6.45) is 5.36. The van der Waals surface area contributed by atoms with Gasteiger partial charge in [0.2, 0.25) is 5.88 Å². The zero-order chi connectivity index (χ0) is 22.6. The van der Waals surface area contributed by atoms with E-state index < -0.39 is 0 Å². The second-order valence-electron chi connectivity index (χ2n) is 7.29. The highest BCUT2D eigenvalue weighted by Crippen LogP contribution is 2.22. The highest BCUT2D eigenvalue weighted by Gasteiger charge is 2.15. The zero-order valence-electron chi connectivity index (χ0n) is 17.8. The number of amides is 1. The van der Waals surface area contributed by atoms with Gasteiger partial charge >= 0.3 is 0 Å². The number of nitrogens with one attached hydrogen (secondary N) is 1. The van der Waals surface area contributed by atoms with E-state index in [4.69, 9.17) is 4.74 Å². The third-order valence-corrected chi connectivity index (χ3v) is 5.08. The second kappa shape index (κ2) is 8.80. The Hall–Kier alpha value is -4.72. The first-order chi connectivity index (χ1) is 16.2. The maximum Gasteiger partial charge on any atom is 0.259 e. The first-order valence-electron chi connectivity index (χ1n) is 10.3. The molecule has 2 aromatic carbocycles. The fourth-order valence-electron chi connectivity index (χ4n) is 3.38. The molecule has 3 heterocycles. The van der Waals surface area contributed by atoms with E-state index in [9.17, 15) is 4.79 Å². The van der Waals surface area contributed by atoms with Crippen LogP contribution in [0, 0.1) is 6.92 Å². The van der Waals surface area contributed by atoms with Gasteiger partial charge in [0.05, 0.1) is 23.1 Å². The van der Waals surface area contributed by atoms with Crippen LogP contribution in [0.1, 0.15) is 16.1 Å². The number of ether oxygens (including phenoxy) is 1. The minimum Gasteiger partial charge on any atom is -0.438 e. The average molecular weight is 436 g/mol. The Morgan fingerprint density at radius 2 is 1.64 bits per heavy atom. The van der Waals surface area contributed by atoms with Gasteiger partial charge in [-0.25, -0.2) is 4.68 Å². The van der Waals surface area contributed by atoms with E-state index >= 15 is 0 Å². The lowest BCUT2D eigenvalue weighted by atomic mass is 10.2. The molecular weight excluding hydrogens is 416 g/mol. The van der Waals surface area contributed by atoms with E-state index in [1.165, 1.54) is 0 Å². The van der Waals surface area contributed by atoms with Crippen LogP contribution in [0.25, 0.3) is 11.5 Å². The molecule has 1 amide bonds. The highest BCUT2D eigenvalue weighted by atomic mass is 16.5. The predicted octanol–water partition coefficient (Wildman–Crippen LogP) is 4.81. The van der Waals surface area contributed by atoms with Crippen LogP contribution < -0.4 is 10.1 Å². The summed E-state index contributed by atoms with van der Waals surface area (Å²) in [6, 6.07) is 24.2. The molecule has 0 saturated heterocycles. The normalized spacial score (nSPS) is 10.7. The molecule has 8 heteroatoms. The van der Waals surface area contributed by atoms with Crippen LogP contribution in [-0.4, -0.2) is 30.5 Å². The fraction of sp³-hybridized carbons (Fsp3) is 0.0400. The van der Waals surface area contributed by atoms with Crippen molar-refractivity contribution in [2.45, 2.75) is 6.92 Å². The molecule has 0 bridgehead atoms. The molecule has 0 aliphatic carbocycles. The SMILES string of the molecule is Cc1c(C(=O)Nc2ccc(Oc3ccc(-n4cccc4)nn3)cc2)cnn1-c1ccccc1. The van der Waals surface area contributed by atoms with Gasteiger partial charge in [0.1, 0.15) is 5.75 Å². The lowest BCUT2D eigenvalue weighted by Gasteiger charge is -2.08. The van der Waals surface area contributed by atoms with Crippen molar-refractivity contribution in [3.8, 4) is 23.1 Å². The number of benzene rings is 2. The standard InChI is InChI=1S/C25H20N6O2/c1-18-22(17-26-31(18)20-7-3-2-4-8-20)25(32)27-19-9-11-21(12-10-19)33-24-14-13-23(28-29-24)30-15-5-6-16-30/h2-17H,1H3,(H,27,32). The summed E-state index contributed by atoms with van der Waals surface area (Å²) in [5, 5.41) is 15.5. The molecule has 0 spiro atoms. The first-order valence-corrected chi connectivity index (χ1v) is 10.3. The van der Waals surface area contributed by atoms with Crippen molar-refractivity contribution in [1.82, 2.24) is 24.5 Å². The molecule has 0 unspecified atom stereocenters. The predicted molar refractivity (Wildman–Crippen MR) is 124 cm³/mol. The molecule has 0 aliphatic rings. The number of carbonyl (C=O) groups excluding carboxylic acids is 1. The number of hydrogen-bond acceptors (Lipinski definition) is 5. The van der Waals surface area contributed by atoms with Gasteiger partial charge in [0.25, 0.3) is 5.91 Å². The minimum atomic E-state index is -0.227. The Balaban J connectivity index is 1.24. The van der Waals surface area contributed by atoms with Gasteiger partial charge in [0, 0.05) is 24.1 Å². The van der Waals surface area contributed by atoms with Crippen LogP contribution in [-0.2, 0) is 0 Å². The first kappa shape index (κ1) is 20.2. The van der Waals surface area contributed by atoms with E-state index in [2.05, 4.69) is 20.6 Å². The monoisotopic (exact) mass is 436 g/mol. The maximum atomic E-state index is 12.8. The molecule has 0 atom stereocenters. The Morgan fingerprint density at radius 1 is 0.879 bits per heavy atom. The molecule has 1 N–H and O–H groups in total. The quantitative estimate of drug-likeness (QED) is 0.413. The van der Waals surface area contributed by atoms with Crippen molar-refractivity contribution in [3.05, 3.63) is 109 Å². The Labute approximate surface area is 190 Å². The summed E-state index contributed by atoms with van der Waals surface area (Å²) in [5.41, 5.74) is 2.83. The number of carbonyl (C=O) groups is 1. The summed E-state index contributed by atoms with van der Waals surface area (Å²) in [7, 11) is 0. The minimum absolute atomic E-state index is 0.227. The Morgan fingerprint density at radius 3 is 2.33 bits per heavy atom. The van der Waals surface area contributed by atoms with Crippen molar-refractivity contribution in [1.29, 1.82) is 0 Å². The van der Waals surface area contributed by atoms with Crippen molar-refractivity contribution >= 4 is 11.6 Å². The summed E-state index contributed by atoms with van der Waals surface area (Å²) in [4.78, 5) is 12.8. The third-order valence-electron chi connectivity index (χ3n) is 5.08. The van der Waals surface area contributed by atoms with Crippen molar-refractivity contribution in [2.24, 2.45) is 0 Å². The molecule has 5 rings (SSSR count). The number of anilines is 1. The third kappa shape index (κ3) is 4.35. The van der Waals surface area contributed by atoms with E-state index in [1.54, 1.807) is 41.2 Å². The molecule has 3 aromatic heterocycles. The van der Waals surface area contributed by atoms with Gasteiger partial charge < -0.3 is 14.6 Å². The number of nitrogens with zero attached hydrogens (tertiary/aromatic N) is 5. The number of rotatable bonds is 6. The molecule has 0 fully saturated rings. The fourth-order valence-corrected chi connectivity index (χ4v) is 3.38. The topological polar surface area (TPSA) is 86.9 Å². The molecule has 5 aromatic rings. The molecule has 0 aliphatic heterocycles. The van der Waals surface area contributed by atoms with Crippen molar-refractivity contribution in [3.63, 3.8) is 0 Å². The maximum absolute atomic E-state index is 12.8. The molecule has 0 radical (unpaired) electrons.